The van der Waals surface area contributed by atoms with Gasteiger partial charge in [0, 0.05) is 28.8 Å². The molecule has 47 heavy (non-hydrogen) atoms. The van der Waals surface area contributed by atoms with Crippen LogP contribution >= 0.6 is 0 Å². The quantitative estimate of drug-likeness (QED) is 0.171. The van der Waals surface area contributed by atoms with Crippen LogP contribution in [0.15, 0.2) is 30.3 Å². The fourth-order valence-electron chi connectivity index (χ4n) is 7.29. The number of aromatic nitrogens is 1. The number of rotatable bonds is 10. The fourth-order valence-corrected chi connectivity index (χ4v) is 8.35. The first kappa shape index (κ1) is 33.6. The molecule has 0 radical (unpaired) electrons. The van der Waals surface area contributed by atoms with Crippen molar-refractivity contribution in [1.82, 2.24) is 10.3 Å². The van der Waals surface area contributed by atoms with Crippen molar-refractivity contribution in [3.63, 3.8) is 0 Å². The number of ether oxygens (including phenoxy) is 1. The summed E-state index contributed by atoms with van der Waals surface area (Å²) in [6, 6.07) is 6.53. The zero-order valence-corrected chi connectivity index (χ0v) is 28.3. The molecule has 13 heteroatoms. The number of nitrogens with zero attached hydrogens (tertiary/aromatic N) is 1. The van der Waals surface area contributed by atoms with Crippen LogP contribution in [0.1, 0.15) is 99.1 Å². The maximum absolute atomic E-state index is 15.1. The highest BCUT2D eigenvalue weighted by atomic mass is 32.2. The normalized spacial score (nSPS) is 17.8. The average molecular weight is 689 g/mol. The van der Waals surface area contributed by atoms with E-state index in [2.05, 4.69) is 14.8 Å². The summed E-state index contributed by atoms with van der Waals surface area (Å²) in [6.45, 7) is 3.04. The van der Waals surface area contributed by atoms with Gasteiger partial charge in [0.25, 0.3) is 0 Å². The van der Waals surface area contributed by atoms with Gasteiger partial charge in [0.1, 0.15) is 11.6 Å². The molecule has 3 aliphatic rings. The van der Waals surface area contributed by atoms with E-state index in [4.69, 9.17) is 9.72 Å². The fraction of sp³-hybridized carbons (Fsp3) is 0.500. The lowest BCUT2D eigenvalue weighted by Crippen LogP contribution is -2.27. The number of nitrogens with one attached hydrogen (secondary N) is 3. The molecule has 2 aromatic carbocycles. The number of thiol groups is 1. The van der Waals surface area contributed by atoms with E-state index in [1.807, 2.05) is 0 Å². The van der Waals surface area contributed by atoms with Crippen LogP contribution in [-0.2, 0) is 33.8 Å². The van der Waals surface area contributed by atoms with Gasteiger partial charge in [-0.25, -0.2) is 25.6 Å². The first-order valence-corrected chi connectivity index (χ1v) is 19.5. The molecule has 2 heterocycles. The van der Waals surface area contributed by atoms with Gasteiger partial charge in [-0.3, -0.25) is 14.4 Å². The predicted molar refractivity (Wildman–Crippen MR) is 180 cm³/mol. The number of hydrogen-bond acceptors (Lipinski definition) is 7. The third-order valence-corrected chi connectivity index (χ3v) is 11.4. The predicted octanol–water partition coefficient (Wildman–Crippen LogP) is 6.91. The highest BCUT2D eigenvalue weighted by Gasteiger charge is 2.32. The van der Waals surface area contributed by atoms with Crippen molar-refractivity contribution in [3.05, 3.63) is 64.5 Å². The zero-order valence-electron chi connectivity index (χ0n) is 26.5. The summed E-state index contributed by atoms with van der Waals surface area (Å²) < 4.78 is 91.9. The van der Waals surface area contributed by atoms with Crippen LogP contribution in [0.2, 0.25) is 0 Å². The monoisotopic (exact) mass is 688 g/mol. The molecule has 2 aliphatic carbocycles. The molecule has 254 valence electrons. The van der Waals surface area contributed by atoms with Crippen LogP contribution in [0, 0.1) is 11.6 Å². The zero-order chi connectivity index (χ0) is 33.1. The van der Waals surface area contributed by atoms with E-state index in [9.17, 15) is 21.2 Å². The summed E-state index contributed by atoms with van der Waals surface area (Å²) in [5.41, 5.74) is 4.84. The largest absolute Gasteiger partial charge is 0.454 e. The number of sulfonamides is 1. The standard InChI is InChI=1S/C34H42F2N4O5S2/c1-2-47(43,44)40-29-19-26(31(20-25(29)21-14-16-37-17-15-21)45-30-13-12-23(35)18-27(30)36)32-24-10-6-7-11-28(24)38-33(34(32)39-46(41)42)22-8-4-3-5-9-22/h12-13,18-22,37,40,46H,2-11,14-17H2,1H3,(H,39,41,42). The molecule has 1 aliphatic heterocycles. The first-order valence-electron chi connectivity index (χ1n) is 16.6. The molecule has 2 fully saturated rings. The minimum absolute atomic E-state index is 0.0295. The van der Waals surface area contributed by atoms with Gasteiger partial charge in [0.05, 0.1) is 22.8 Å². The van der Waals surface area contributed by atoms with E-state index < -0.39 is 32.5 Å². The summed E-state index contributed by atoms with van der Waals surface area (Å²) in [7, 11) is -6.82. The minimum atomic E-state index is -3.72. The molecule has 9 nitrogen and oxygen atoms in total. The molecule has 3 N–H and O–H groups in total. The van der Waals surface area contributed by atoms with Crippen LogP contribution < -0.4 is 19.5 Å². The Kier molecular flexibility index (Phi) is 10.3. The number of aryl methyl sites for hydroxylation is 1. The molecule has 0 amide bonds. The smallest absolute Gasteiger partial charge is 0.232 e. The second-order valence-electron chi connectivity index (χ2n) is 12.7. The minimum Gasteiger partial charge on any atom is -0.454 e. The average Bonchev–Trinajstić information content (AvgIpc) is 3.06. The SMILES string of the molecule is CCS(=O)(=O)Nc1cc(-c2c3c(nc(C4CCCCC4)c2N[SH](=O)=O)CCCC3)c(Oc2ccc(F)cc2F)cc1C1CCNCC1. The molecule has 1 saturated heterocycles. The third kappa shape index (κ3) is 7.57. The highest BCUT2D eigenvalue weighted by Crippen LogP contribution is 2.50. The van der Waals surface area contributed by atoms with Crippen LogP contribution in [0.5, 0.6) is 11.5 Å². The van der Waals surface area contributed by atoms with Crippen molar-refractivity contribution in [3.8, 4) is 22.6 Å². The van der Waals surface area contributed by atoms with Crippen LogP contribution in [0.3, 0.4) is 0 Å². The number of hydrogen-bond donors (Lipinski definition) is 4. The van der Waals surface area contributed by atoms with Crippen molar-refractivity contribution >= 4 is 32.3 Å². The van der Waals surface area contributed by atoms with Gasteiger partial charge in [-0.15, -0.1) is 0 Å². The van der Waals surface area contributed by atoms with E-state index in [0.29, 0.717) is 40.2 Å². The second kappa shape index (κ2) is 14.4. The summed E-state index contributed by atoms with van der Waals surface area (Å²) in [5, 5.41) is 3.34. The van der Waals surface area contributed by atoms with Gasteiger partial charge in [0.15, 0.2) is 11.6 Å². The number of halogens is 2. The van der Waals surface area contributed by atoms with Crippen molar-refractivity contribution in [1.29, 1.82) is 0 Å². The Morgan fingerprint density at radius 3 is 2.38 bits per heavy atom. The molecule has 0 spiro atoms. The lowest BCUT2D eigenvalue weighted by atomic mass is 9.81. The lowest BCUT2D eigenvalue weighted by molar-refractivity contribution is 0.433. The van der Waals surface area contributed by atoms with Crippen molar-refractivity contribution in [2.75, 3.05) is 28.3 Å². The molecule has 6 rings (SSSR count). The summed E-state index contributed by atoms with van der Waals surface area (Å²) >= 11 is 0. The summed E-state index contributed by atoms with van der Waals surface area (Å²) in [4.78, 5) is 5.11. The summed E-state index contributed by atoms with van der Waals surface area (Å²) in [6.07, 6.45) is 9.49. The van der Waals surface area contributed by atoms with E-state index in [1.54, 1.807) is 19.1 Å². The van der Waals surface area contributed by atoms with Gasteiger partial charge in [-0.05, 0) is 113 Å². The van der Waals surface area contributed by atoms with Crippen molar-refractivity contribution in [2.45, 2.75) is 89.4 Å². The van der Waals surface area contributed by atoms with Crippen molar-refractivity contribution < 1.29 is 30.4 Å². The molecule has 1 aromatic heterocycles. The second-order valence-corrected chi connectivity index (χ2v) is 15.5. The highest BCUT2D eigenvalue weighted by molar-refractivity contribution is 7.92. The van der Waals surface area contributed by atoms with Gasteiger partial charge >= 0.3 is 0 Å². The van der Waals surface area contributed by atoms with E-state index in [0.717, 1.165) is 101 Å². The van der Waals surface area contributed by atoms with E-state index >= 15 is 4.39 Å². The molecule has 0 unspecified atom stereocenters. The number of fused-ring (bicyclic) bond motifs is 1. The Hall–Kier alpha value is -3.29. The first-order chi connectivity index (χ1) is 22.6. The van der Waals surface area contributed by atoms with Gasteiger partial charge in [-0.1, -0.05) is 19.3 Å². The van der Waals surface area contributed by atoms with Crippen molar-refractivity contribution in [2.24, 2.45) is 0 Å². The number of anilines is 2. The van der Waals surface area contributed by atoms with Gasteiger partial charge in [0.2, 0.25) is 20.9 Å². The lowest BCUT2D eigenvalue weighted by Gasteiger charge is -2.30. The Morgan fingerprint density at radius 2 is 1.68 bits per heavy atom. The van der Waals surface area contributed by atoms with Crippen LogP contribution in [0.4, 0.5) is 20.2 Å². The van der Waals surface area contributed by atoms with Crippen LogP contribution in [-0.4, -0.2) is 40.7 Å². The van der Waals surface area contributed by atoms with Gasteiger partial charge in [-0.2, -0.15) is 0 Å². The topological polar surface area (TPSA) is 126 Å². The molecule has 1 saturated carbocycles. The maximum atomic E-state index is 15.1. The Morgan fingerprint density at radius 1 is 0.936 bits per heavy atom. The maximum Gasteiger partial charge on any atom is 0.232 e. The number of piperidine rings is 1. The number of benzene rings is 2. The van der Waals surface area contributed by atoms with Gasteiger partial charge < -0.3 is 10.1 Å². The molecule has 0 bridgehead atoms. The number of pyridine rings is 1. The Labute approximate surface area is 277 Å². The molecule has 0 atom stereocenters. The van der Waals surface area contributed by atoms with E-state index in [1.165, 1.54) is 6.07 Å². The van der Waals surface area contributed by atoms with E-state index in [-0.39, 0.29) is 29.1 Å². The molecular formula is C34H42F2N4O5S2. The Bertz CT molecular complexity index is 1810. The van der Waals surface area contributed by atoms with Crippen LogP contribution in [0.25, 0.3) is 11.1 Å². The molecular weight excluding hydrogens is 647 g/mol. The molecule has 3 aromatic rings. The summed E-state index contributed by atoms with van der Waals surface area (Å²) in [5.74, 6) is -1.76. The third-order valence-electron chi connectivity index (χ3n) is 9.66. The Balaban J connectivity index is 1.67.